The second-order valence-electron chi connectivity index (χ2n) is 11.4. The van der Waals surface area contributed by atoms with Gasteiger partial charge in [0.25, 0.3) is 10.0 Å². The minimum absolute atomic E-state index is 0.0343. The number of aliphatic hydroxyl groups is 1. The van der Waals surface area contributed by atoms with E-state index in [4.69, 9.17) is 9.47 Å². The number of anilines is 1. The highest BCUT2D eigenvalue weighted by Gasteiger charge is 2.32. The normalized spacial score (nSPS) is 18.3. The van der Waals surface area contributed by atoms with E-state index < -0.39 is 33.9 Å². The van der Waals surface area contributed by atoms with Gasteiger partial charge in [-0.15, -0.1) is 0 Å². The first-order chi connectivity index (χ1) is 21.2. The molecule has 0 bridgehead atoms. The average molecular weight is 650 g/mol. The predicted octanol–water partition coefficient (Wildman–Crippen LogP) is 4.80. The number of hydrogen-bond acceptors (Lipinski definition) is 7. The molecule has 45 heavy (non-hydrogen) atoms. The third-order valence-electron chi connectivity index (χ3n) is 7.76. The van der Waals surface area contributed by atoms with Gasteiger partial charge in [-0.05, 0) is 74.1 Å². The van der Waals surface area contributed by atoms with E-state index in [1.54, 1.807) is 30.0 Å². The maximum Gasteiger partial charge on any atom is 0.416 e. The largest absolute Gasteiger partial charge is 0.497 e. The number of amides is 1. The Morgan fingerprint density at radius 1 is 1.11 bits per heavy atom. The summed E-state index contributed by atoms with van der Waals surface area (Å²) in [7, 11) is -0.637. The molecule has 3 aromatic carbocycles. The molecule has 0 saturated carbocycles. The minimum atomic E-state index is -4.41. The van der Waals surface area contributed by atoms with Crippen molar-refractivity contribution >= 4 is 21.6 Å². The van der Waals surface area contributed by atoms with Gasteiger partial charge < -0.3 is 19.5 Å². The van der Waals surface area contributed by atoms with Crippen LogP contribution in [0.25, 0.3) is 0 Å². The molecule has 0 aromatic heterocycles. The van der Waals surface area contributed by atoms with E-state index in [9.17, 15) is 31.5 Å². The van der Waals surface area contributed by atoms with Gasteiger partial charge in [-0.25, -0.2) is 8.42 Å². The maximum atomic E-state index is 13.5. The lowest BCUT2D eigenvalue weighted by molar-refractivity contribution is -0.137. The van der Waals surface area contributed by atoms with Gasteiger partial charge in [0, 0.05) is 36.8 Å². The molecule has 4 rings (SSSR count). The monoisotopic (exact) mass is 649 g/mol. The van der Waals surface area contributed by atoms with Crippen LogP contribution < -0.4 is 14.2 Å². The number of sulfonamides is 1. The molecule has 0 spiro atoms. The summed E-state index contributed by atoms with van der Waals surface area (Å²) in [5.74, 6) is 0.477. The van der Waals surface area contributed by atoms with E-state index in [1.807, 2.05) is 18.9 Å². The van der Waals surface area contributed by atoms with Crippen LogP contribution in [0.5, 0.6) is 11.5 Å². The topological polar surface area (TPSA) is 108 Å². The van der Waals surface area contributed by atoms with E-state index in [2.05, 4.69) is 4.72 Å². The third kappa shape index (κ3) is 8.68. The fraction of sp³-hybridized carbons (Fsp3) is 0.406. The highest BCUT2D eigenvalue weighted by Crippen LogP contribution is 2.31. The van der Waals surface area contributed by atoms with Crippen molar-refractivity contribution in [1.82, 2.24) is 9.80 Å². The summed E-state index contributed by atoms with van der Waals surface area (Å²) in [6.07, 6.45) is -4.95. The van der Waals surface area contributed by atoms with Gasteiger partial charge in [-0.3, -0.25) is 14.4 Å². The summed E-state index contributed by atoms with van der Waals surface area (Å²) in [5.41, 5.74) is 0.689. The summed E-state index contributed by atoms with van der Waals surface area (Å²) >= 11 is 0. The van der Waals surface area contributed by atoms with Gasteiger partial charge in [0.2, 0.25) is 5.91 Å². The molecule has 0 radical (unpaired) electrons. The molecule has 9 nitrogen and oxygen atoms in total. The van der Waals surface area contributed by atoms with Crippen molar-refractivity contribution in [2.45, 2.75) is 50.0 Å². The fourth-order valence-corrected chi connectivity index (χ4v) is 6.21. The third-order valence-corrected chi connectivity index (χ3v) is 9.16. The zero-order chi connectivity index (χ0) is 32.9. The summed E-state index contributed by atoms with van der Waals surface area (Å²) in [5, 5.41) is 9.89. The molecule has 3 aromatic rings. The molecule has 0 saturated heterocycles. The van der Waals surface area contributed by atoms with E-state index in [-0.39, 0.29) is 35.4 Å². The van der Waals surface area contributed by atoms with E-state index in [1.165, 1.54) is 43.5 Å². The standard InChI is InChI=1S/C32H38F3N3O6S/c1-21-17-38(22(2)20-39)31(40)16-24-15-26(36-45(41,42)28-12-10-27(43-4)11-13-28)9-14-29(24)44-30(21)19-37(3)18-23-5-7-25(8-6-23)32(33,34)35/h5-15,21-22,30,36,39H,16-20H2,1-4H3/t21-,22+,30-/m0/s1. The van der Waals surface area contributed by atoms with Crippen LogP contribution in [0.3, 0.4) is 0 Å². The Hall–Kier alpha value is -3.81. The van der Waals surface area contributed by atoms with Crippen molar-refractivity contribution < 1.29 is 41.0 Å². The molecule has 244 valence electrons. The number of carbonyl (C=O) groups excluding carboxylic acids is 1. The van der Waals surface area contributed by atoms with Crippen LogP contribution >= 0.6 is 0 Å². The Labute approximate surface area is 261 Å². The number of alkyl halides is 3. The average Bonchev–Trinajstić information content (AvgIpc) is 3.03. The van der Waals surface area contributed by atoms with Crippen LogP contribution in [-0.2, 0) is 34.0 Å². The van der Waals surface area contributed by atoms with Crippen LogP contribution in [0.4, 0.5) is 18.9 Å². The molecule has 13 heteroatoms. The molecule has 0 fully saturated rings. The Kier molecular flexibility index (Phi) is 10.7. The fourth-order valence-electron chi connectivity index (χ4n) is 5.16. The smallest absolute Gasteiger partial charge is 0.416 e. The van der Waals surface area contributed by atoms with Crippen molar-refractivity contribution in [1.29, 1.82) is 0 Å². The summed E-state index contributed by atoms with van der Waals surface area (Å²) in [6, 6.07) is 15.2. The number of rotatable bonds is 10. The lowest BCUT2D eigenvalue weighted by Crippen LogP contribution is -2.47. The van der Waals surface area contributed by atoms with Gasteiger partial charge in [0.05, 0.1) is 36.6 Å². The number of aliphatic hydroxyl groups excluding tert-OH is 1. The highest BCUT2D eigenvalue weighted by molar-refractivity contribution is 7.92. The molecule has 1 aliphatic rings. The Morgan fingerprint density at radius 3 is 2.38 bits per heavy atom. The number of carbonyl (C=O) groups is 1. The molecule has 1 aliphatic heterocycles. The maximum absolute atomic E-state index is 13.5. The Balaban J connectivity index is 1.59. The number of ether oxygens (including phenoxy) is 2. The van der Waals surface area contributed by atoms with Crippen LogP contribution in [0.15, 0.2) is 71.6 Å². The Bertz CT molecular complexity index is 1570. The highest BCUT2D eigenvalue weighted by atomic mass is 32.2. The van der Waals surface area contributed by atoms with Gasteiger partial charge in [-0.1, -0.05) is 19.1 Å². The number of halogens is 3. The summed E-state index contributed by atoms with van der Waals surface area (Å²) in [6.45, 7) is 4.47. The second kappa shape index (κ2) is 14.1. The van der Waals surface area contributed by atoms with Crippen LogP contribution in [-0.4, -0.2) is 75.2 Å². The minimum Gasteiger partial charge on any atom is -0.497 e. The van der Waals surface area contributed by atoms with Gasteiger partial charge in [-0.2, -0.15) is 13.2 Å². The lowest BCUT2D eigenvalue weighted by Gasteiger charge is -2.34. The van der Waals surface area contributed by atoms with Gasteiger partial charge >= 0.3 is 6.18 Å². The second-order valence-corrected chi connectivity index (χ2v) is 13.1. The number of hydrogen-bond donors (Lipinski definition) is 2. The first-order valence-electron chi connectivity index (χ1n) is 14.4. The van der Waals surface area contributed by atoms with E-state index in [0.717, 1.165) is 12.1 Å². The molecule has 1 amide bonds. The molecule has 2 N–H and O–H groups in total. The number of benzene rings is 3. The molecule has 3 atom stereocenters. The van der Waals surface area contributed by atoms with Crippen LogP contribution in [0.2, 0.25) is 0 Å². The predicted molar refractivity (Wildman–Crippen MR) is 164 cm³/mol. The van der Waals surface area contributed by atoms with Crippen LogP contribution in [0.1, 0.15) is 30.5 Å². The number of likely N-dealkylation sites (N-methyl/N-ethyl adjacent to an activating group) is 1. The van der Waals surface area contributed by atoms with Crippen molar-refractivity contribution in [3.05, 3.63) is 83.4 Å². The molecular weight excluding hydrogens is 611 g/mol. The molecule has 0 unspecified atom stereocenters. The lowest BCUT2D eigenvalue weighted by atomic mass is 10.0. The van der Waals surface area contributed by atoms with E-state index >= 15 is 0 Å². The number of nitrogens with zero attached hydrogens (tertiary/aromatic N) is 2. The van der Waals surface area contributed by atoms with Gasteiger partial charge in [0.1, 0.15) is 17.6 Å². The summed E-state index contributed by atoms with van der Waals surface area (Å²) < 4.78 is 79.3. The zero-order valence-corrected chi connectivity index (χ0v) is 26.4. The number of nitrogens with one attached hydrogen (secondary N) is 1. The van der Waals surface area contributed by atoms with Crippen molar-refractivity contribution in [3.63, 3.8) is 0 Å². The molecule has 0 aliphatic carbocycles. The quantitative estimate of drug-likeness (QED) is 0.325. The first kappa shape index (κ1) is 34.1. The number of methoxy groups -OCH3 is 1. The summed E-state index contributed by atoms with van der Waals surface area (Å²) in [4.78, 5) is 17.1. The van der Waals surface area contributed by atoms with Crippen molar-refractivity contribution in [2.75, 3.05) is 38.6 Å². The molecule has 1 heterocycles. The molecular formula is C32H38F3N3O6S. The van der Waals surface area contributed by atoms with Crippen molar-refractivity contribution in [3.8, 4) is 11.5 Å². The Morgan fingerprint density at radius 2 is 1.78 bits per heavy atom. The zero-order valence-electron chi connectivity index (χ0n) is 25.5. The first-order valence-corrected chi connectivity index (χ1v) is 15.9. The van der Waals surface area contributed by atoms with E-state index in [0.29, 0.717) is 42.3 Å². The van der Waals surface area contributed by atoms with Gasteiger partial charge in [0.15, 0.2) is 0 Å². The van der Waals surface area contributed by atoms with Crippen LogP contribution in [0, 0.1) is 5.92 Å². The van der Waals surface area contributed by atoms with Crippen molar-refractivity contribution in [2.24, 2.45) is 5.92 Å². The SMILES string of the molecule is COc1ccc(S(=O)(=O)Nc2ccc3c(c2)CC(=O)N([C@H](C)CO)C[C@H](C)[C@H](CN(C)Cc2ccc(C(F)(F)F)cc2)O3)cc1. The number of fused-ring (bicyclic) bond motifs is 1.